The Bertz CT molecular complexity index is 1720. The van der Waals surface area contributed by atoms with Crippen LogP contribution in [0.4, 0.5) is 5.69 Å². The fourth-order valence-corrected chi connectivity index (χ4v) is 6.88. The van der Waals surface area contributed by atoms with E-state index < -0.39 is 28.5 Å². The predicted molar refractivity (Wildman–Crippen MR) is 181 cm³/mol. The first-order valence-electron chi connectivity index (χ1n) is 14.6. The standard InChI is InChI=1S/C35H38BrN3O5S/c1-25(2)37-35(41)32(22-27-12-7-5-8-13-27)38(23-28-14-11-15-29(36)21-28)34(40)24-39(31-20-26(3)18-19-33(31)44-4)45(42,43)30-16-9-6-10-17-30/h5-21,25,32H,22-24H2,1-4H3,(H,37,41)/t32-/m0/s1. The van der Waals surface area contributed by atoms with E-state index in [4.69, 9.17) is 4.74 Å². The van der Waals surface area contributed by atoms with Gasteiger partial charge in [-0.1, -0.05) is 82.7 Å². The molecular formula is C35H38BrN3O5S. The second-order valence-electron chi connectivity index (χ2n) is 11.0. The van der Waals surface area contributed by atoms with Crippen LogP contribution in [0.3, 0.4) is 0 Å². The summed E-state index contributed by atoms with van der Waals surface area (Å²) in [6.45, 7) is 5.06. The number of anilines is 1. The average Bonchev–Trinajstić information content (AvgIpc) is 3.02. The van der Waals surface area contributed by atoms with Gasteiger partial charge >= 0.3 is 0 Å². The summed E-state index contributed by atoms with van der Waals surface area (Å²) in [4.78, 5) is 29.9. The maximum absolute atomic E-state index is 14.6. The van der Waals surface area contributed by atoms with Crippen molar-refractivity contribution in [1.29, 1.82) is 0 Å². The molecular weight excluding hydrogens is 654 g/mol. The third-order valence-electron chi connectivity index (χ3n) is 7.16. The minimum absolute atomic E-state index is 0.0262. The number of sulfonamides is 1. The lowest BCUT2D eigenvalue weighted by Gasteiger charge is -2.34. The first-order chi connectivity index (χ1) is 21.5. The van der Waals surface area contributed by atoms with E-state index in [1.807, 2.05) is 81.4 Å². The smallest absolute Gasteiger partial charge is 0.264 e. The zero-order valence-corrected chi connectivity index (χ0v) is 28.2. The van der Waals surface area contributed by atoms with Gasteiger partial charge in [-0.3, -0.25) is 13.9 Å². The summed E-state index contributed by atoms with van der Waals surface area (Å²) in [5, 5.41) is 2.97. The van der Waals surface area contributed by atoms with Gasteiger partial charge in [-0.15, -0.1) is 0 Å². The van der Waals surface area contributed by atoms with Crippen LogP contribution in [0.15, 0.2) is 112 Å². The number of hydrogen-bond donors (Lipinski definition) is 1. The molecule has 236 valence electrons. The van der Waals surface area contributed by atoms with Crippen LogP contribution < -0.4 is 14.4 Å². The van der Waals surface area contributed by atoms with Crippen molar-refractivity contribution in [3.05, 3.63) is 124 Å². The second kappa shape index (κ2) is 15.2. The Hall–Kier alpha value is -4.15. The largest absolute Gasteiger partial charge is 0.495 e. The highest BCUT2D eigenvalue weighted by Crippen LogP contribution is 2.34. The molecule has 0 saturated heterocycles. The molecule has 0 aliphatic heterocycles. The monoisotopic (exact) mass is 691 g/mol. The van der Waals surface area contributed by atoms with Crippen molar-refractivity contribution in [3.63, 3.8) is 0 Å². The molecule has 1 N–H and O–H groups in total. The molecule has 8 nitrogen and oxygen atoms in total. The van der Waals surface area contributed by atoms with Crippen molar-refractivity contribution in [1.82, 2.24) is 10.2 Å². The molecule has 45 heavy (non-hydrogen) atoms. The Morgan fingerprint density at radius 3 is 2.13 bits per heavy atom. The van der Waals surface area contributed by atoms with Crippen molar-refractivity contribution >= 4 is 43.5 Å². The molecule has 4 rings (SSSR count). The number of halogens is 1. The zero-order valence-electron chi connectivity index (χ0n) is 25.8. The van der Waals surface area contributed by atoms with Crippen LogP contribution in [0.5, 0.6) is 5.75 Å². The SMILES string of the molecule is COc1ccc(C)cc1N(CC(=O)N(Cc1cccc(Br)c1)[C@@H](Cc1ccccc1)C(=O)NC(C)C)S(=O)(=O)c1ccccc1. The Morgan fingerprint density at radius 1 is 0.867 bits per heavy atom. The minimum Gasteiger partial charge on any atom is -0.495 e. The Labute approximate surface area is 274 Å². The molecule has 0 aromatic heterocycles. The summed E-state index contributed by atoms with van der Waals surface area (Å²) >= 11 is 3.50. The van der Waals surface area contributed by atoms with Crippen molar-refractivity contribution in [2.75, 3.05) is 18.0 Å². The maximum Gasteiger partial charge on any atom is 0.264 e. The highest BCUT2D eigenvalue weighted by atomic mass is 79.9. The average molecular weight is 693 g/mol. The van der Waals surface area contributed by atoms with E-state index in [0.29, 0.717) is 5.75 Å². The first-order valence-corrected chi connectivity index (χ1v) is 16.8. The fourth-order valence-electron chi connectivity index (χ4n) is 4.99. The molecule has 4 aromatic carbocycles. The summed E-state index contributed by atoms with van der Waals surface area (Å²) in [7, 11) is -2.78. The predicted octanol–water partition coefficient (Wildman–Crippen LogP) is 6.13. The number of hydrogen-bond acceptors (Lipinski definition) is 5. The maximum atomic E-state index is 14.6. The number of nitrogens with zero attached hydrogens (tertiary/aromatic N) is 2. The van der Waals surface area contributed by atoms with Gasteiger partial charge < -0.3 is 15.0 Å². The lowest BCUT2D eigenvalue weighted by molar-refractivity contribution is -0.140. The quantitative estimate of drug-likeness (QED) is 0.182. The van der Waals surface area contributed by atoms with Gasteiger partial charge in [-0.05, 0) is 73.9 Å². The Morgan fingerprint density at radius 2 is 1.51 bits per heavy atom. The van der Waals surface area contributed by atoms with E-state index in [-0.39, 0.29) is 35.5 Å². The van der Waals surface area contributed by atoms with Gasteiger partial charge in [-0.2, -0.15) is 0 Å². The summed E-state index contributed by atoms with van der Waals surface area (Å²) in [5.41, 5.74) is 2.65. The van der Waals surface area contributed by atoms with E-state index in [2.05, 4.69) is 21.2 Å². The van der Waals surface area contributed by atoms with Gasteiger partial charge in [0.1, 0.15) is 18.3 Å². The van der Waals surface area contributed by atoms with Crippen LogP contribution in [-0.2, 0) is 32.6 Å². The molecule has 0 bridgehead atoms. The van der Waals surface area contributed by atoms with E-state index >= 15 is 0 Å². The third-order valence-corrected chi connectivity index (χ3v) is 9.42. The number of nitrogens with one attached hydrogen (secondary N) is 1. The van der Waals surface area contributed by atoms with Crippen LogP contribution in [-0.4, -0.2) is 50.9 Å². The van der Waals surface area contributed by atoms with E-state index in [1.165, 1.54) is 24.1 Å². The highest BCUT2D eigenvalue weighted by Gasteiger charge is 2.35. The number of ether oxygens (including phenoxy) is 1. The normalized spacial score (nSPS) is 12.0. The third kappa shape index (κ3) is 8.73. The number of amides is 2. The molecule has 1 atom stereocenters. The van der Waals surface area contributed by atoms with Gasteiger partial charge in [0.15, 0.2) is 0 Å². The van der Waals surface area contributed by atoms with E-state index in [9.17, 15) is 18.0 Å². The summed E-state index contributed by atoms with van der Waals surface area (Å²) in [5.74, 6) is -0.578. The van der Waals surface area contributed by atoms with Gasteiger partial charge in [0, 0.05) is 23.5 Å². The minimum atomic E-state index is -4.24. The lowest BCUT2D eigenvalue weighted by atomic mass is 10.0. The molecule has 0 radical (unpaired) electrons. The molecule has 0 unspecified atom stereocenters. The van der Waals surface area contributed by atoms with Crippen LogP contribution in [0.1, 0.15) is 30.5 Å². The lowest BCUT2D eigenvalue weighted by Crippen LogP contribution is -2.54. The van der Waals surface area contributed by atoms with Crippen molar-refractivity contribution < 1.29 is 22.7 Å². The van der Waals surface area contributed by atoms with Gasteiger partial charge in [0.25, 0.3) is 10.0 Å². The molecule has 0 spiro atoms. The molecule has 0 fully saturated rings. The number of aryl methyl sites for hydroxylation is 1. The van der Waals surface area contributed by atoms with Crippen LogP contribution in [0, 0.1) is 6.92 Å². The molecule has 0 aliphatic rings. The summed E-state index contributed by atoms with van der Waals surface area (Å²) in [6, 6.07) is 29.0. The molecule has 0 heterocycles. The Balaban J connectivity index is 1.85. The van der Waals surface area contributed by atoms with Gasteiger partial charge in [0.2, 0.25) is 11.8 Å². The van der Waals surface area contributed by atoms with E-state index in [0.717, 1.165) is 25.5 Å². The first kappa shape index (κ1) is 33.7. The zero-order chi connectivity index (χ0) is 32.6. The van der Waals surface area contributed by atoms with Crippen LogP contribution in [0.25, 0.3) is 0 Å². The fraction of sp³-hybridized carbons (Fsp3) is 0.257. The van der Waals surface area contributed by atoms with Crippen LogP contribution >= 0.6 is 15.9 Å². The number of benzene rings is 4. The number of rotatable bonds is 13. The van der Waals surface area contributed by atoms with Crippen molar-refractivity contribution in [2.24, 2.45) is 0 Å². The number of carbonyl (C=O) groups is 2. The van der Waals surface area contributed by atoms with Gasteiger partial charge in [-0.25, -0.2) is 8.42 Å². The molecule has 0 aliphatic carbocycles. The molecule has 2 amide bonds. The van der Waals surface area contributed by atoms with Gasteiger partial charge in [0.05, 0.1) is 17.7 Å². The topological polar surface area (TPSA) is 96.0 Å². The van der Waals surface area contributed by atoms with Crippen molar-refractivity contribution in [3.8, 4) is 5.75 Å². The highest BCUT2D eigenvalue weighted by molar-refractivity contribution is 9.10. The molecule has 10 heteroatoms. The number of carbonyl (C=O) groups excluding carboxylic acids is 2. The Kier molecular flexibility index (Phi) is 11.4. The summed E-state index contributed by atoms with van der Waals surface area (Å²) < 4.78 is 35.9. The second-order valence-corrected chi connectivity index (χ2v) is 13.8. The van der Waals surface area contributed by atoms with E-state index in [1.54, 1.807) is 30.3 Å². The van der Waals surface area contributed by atoms with Crippen LogP contribution in [0.2, 0.25) is 0 Å². The molecule has 4 aromatic rings. The number of methoxy groups -OCH3 is 1. The molecule has 0 saturated carbocycles. The van der Waals surface area contributed by atoms with Crippen molar-refractivity contribution in [2.45, 2.75) is 50.7 Å². The summed E-state index contributed by atoms with van der Waals surface area (Å²) in [6.07, 6.45) is 0.234.